The summed E-state index contributed by atoms with van der Waals surface area (Å²) < 4.78 is 8.57. The standard InChI is InChI=1S/C25H31N5O4/c1-4-14-29-23(31)28(5-2)24(32)30(25(29)33)21-8-6-19(7-9-21)26-15-17-27(18-16-26)20-10-12-22(34-3)13-11-20/h6-13H,4-5,14-18H2,1-3H3. The highest BCUT2D eigenvalue weighted by Crippen LogP contribution is 2.23. The molecule has 0 saturated carbocycles. The summed E-state index contributed by atoms with van der Waals surface area (Å²) >= 11 is 0. The largest absolute Gasteiger partial charge is 0.497 e. The van der Waals surface area contributed by atoms with E-state index in [0.29, 0.717) is 12.1 Å². The second-order valence-corrected chi connectivity index (χ2v) is 8.27. The SMILES string of the molecule is CCCn1c(=O)n(CC)c(=O)n(-c2ccc(N3CCN(c4ccc(OC)cc4)CC3)cc2)c1=O. The van der Waals surface area contributed by atoms with Crippen LogP contribution in [0.15, 0.2) is 62.9 Å². The average molecular weight is 466 g/mol. The van der Waals surface area contributed by atoms with E-state index in [1.165, 1.54) is 5.69 Å². The van der Waals surface area contributed by atoms with Gasteiger partial charge >= 0.3 is 17.1 Å². The summed E-state index contributed by atoms with van der Waals surface area (Å²) in [5.74, 6) is 0.845. The van der Waals surface area contributed by atoms with Gasteiger partial charge in [-0.3, -0.25) is 0 Å². The quantitative estimate of drug-likeness (QED) is 0.530. The first-order valence-corrected chi connectivity index (χ1v) is 11.7. The third-order valence-electron chi connectivity index (χ3n) is 6.26. The molecule has 0 atom stereocenters. The van der Waals surface area contributed by atoms with E-state index in [4.69, 9.17) is 4.74 Å². The molecule has 0 radical (unpaired) electrons. The molecule has 3 aromatic rings. The molecular formula is C25H31N5O4. The van der Waals surface area contributed by atoms with Crippen LogP contribution in [0.5, 0.6) is 5.75 Å². The summed E-state index contributed by atoms with van der Waals surface area (Å²) in [4.78, 5) is 43.0. The van der Waals surface area contributed by atoms with E-state index in [-0.39, 0.29) is 13.1 Å². The summed E-state index contributed by atoms with van der Waals surface area (Å²) in [6.45, 7) is 7.58. The zero-order chi connectivity index (χ0) is 24.2. The van der Waals surface area contributed by atoms with Gasteiger partial charge < -0.3 is 14.5 Å². The topological polar surface area (TPSA) is 81.7 Å². The predicted molar refractivity (Wildman–Crippen MR) is 134 cm³/mol. The Balaban J connectivity index is 1.54. The van der Waals surface area contributed by atoms with Crippen molar-refractivity contribution >= 4 is 11.4 Å². The molecule has 1 aliphatic heterocycles. The monoisotopic (exact) mass is 465 g/mol. The van der Waals surface area contributed by atoms with Crippen LogP contribution in [0.3, 0.4) is 0 Å². The fourth-order valence-corrected chi connectivity index (χ4v) is 4.37. The highest BCUT2D eigenvalue weighted by molar-refractivity contribution is 5.54. The van der Waals surface area contributed by atoms with Crippen LogP contribution in [0.4, 0.5) is 11.4 Å². The number of aromatic nitrogens is 3. The Bertz CT molecular complexity index is 1300. The van der Waals surface area contributed by atoms with Gasteiger partial charge in [-0.15, -0.1) is 0 Å². The molecule has 34 heavy (non-hydrogen) atoms. The highest BCUT2D eigenvalue weighted by Gasteiger charge is 2.19. The third kappa shape index (κ3) is 4.37. The van der Waals surface area contributed by atoms with E-state index in [1.54, 1.807) is 26.2 Å². The van der Waals surface area contributed by atoms with Gasteiger partial charge in [0.2, 0.25) is 0 Å². The normalized spacial score (nSPS) is 13.9. The molecule has 2 heterocycles. The van der Waals surface area contributed by atoms with Crippen LogP contribution in [0.1, 0.15) is 20.3 Å². The fraction of sp³-hybridized carbons (Fsp3) is 0.400. The Hall–Kier alpha value is -3.75. The fourth-order valence-electron chi connectivity index (χ4n) is 4.37. The lowest BCUT2D eigenvalue weighted by Crippen LogP contribution is -2.53. The van der Waals surface area contributed by atoms with Crippen molar-refractivity contribution in [2.75, 3.05) is 43.1 Å². The summed E-state index contributed by atoms with van der Waals surface area (Å²) in [5, 5.41) is 0. The minimum absolute atomic E-state index is 0.207. The summed E-state index contributed by atoms with van der Waals surface area (Å²) in [7, 11) is 1.66. The van der Waals surface area contributed by atoms with E-state index < -0.39 is 17.1 Å². The molecule has 4 rings (SSSR count). The van der Waals surface area contributed by atoms with Gasteiger partial charge in [-0.25, -0.2) is 28.1 Å². The Morgan fingerprint density at radius 1 is 0.676 bits per heavy atom. The molecule has 9 heteroatoms. The zero-order valence-electron chi connectivity index (χ0n) is 19.9. The smallest absolute Gasteiger partial charge is 0.340 e. The van der Waals surface area contributed by atoms with Gasteiger partial charge in [-0.2, -0.15) is 0 Å². The second-order valence-electron chi connectivity index (χ2n) is 8.27. The van der Waals surface area contributed by atoms with Crippen molar-refractivity contribution in [2.24, 2.45) is 0 Å². The van der Waals surface area contributed by atoms with Crippen LogP contribution in [-0.4, -0.2) is 47.0 Å². The minimum Gasteiger partial charge on any atom is -0.497 e. The number of ether oxygens (including phenoxy) is 1. The molecular weight excluding hydrogens is 434 g/mol. The molecule has 0 N–H and O–H groups in total. The number of hydrogen-bond acceptors (Lipinski definition) is 6. The van der Waals surface area contributed by atoms with Crippen LogP contribution < -0.4 is 31.6 Å². The molecule has 0 amide bonds. The van der Waals surface area contributed by atoms with Crippen molar-refractivity contribution in [3.05, 3.63) is 80.0 Å². The van der Waals surface area contributed by atoms with Gasteiger partial charge in [0.1, 0.15) is 5.75 Å². The van der Waals surface area contributed by atoms with Crippen molar-refractivity contribution in [3.8, 4) is 11.4 Å². The second kappa shape index (κ2) is 10.0. The van der Waals surface area contributed by atoms with Gasteiger partial charge in [-0.05, 0) is 61.9 Å². The van der Waals surface area contributed by atoms with Gasteiger partial charge in [0.15, 0.2) is 0 Å². The van der Waals surface area contributed by atoms with Gasteiger partial charge in [0.05, 0.1) is 12.8 Å². The van der Waals surface area contributed by atoms with E-state index >= 15 is 0 Å². The first-order valence-electron chi connectivity index (χ1n) is 11.7. The maximum Gasteiger partial charge on any atom is 0.340 e. The molecule has 1 aromatic heterocycles. The molecule has 0 unspecified atom stereocenters. The Kier molecular flexibility index (Phi) is 6.90. The molecule has 0 spiro atoms. The molecule has 2 aromatic carbocycles. The molecule has 9 nitrogen and oxygen atoms in total. The van der Waals surface area contributed by atoms with Crippen molar-refractivity contribution in [2.45, 2.75) is 33.4 Å². The van der Waals surface area contributed by atoms with Gasteiger partial charge in [-0.1, -0.05) is 6.92 Å². The lowest BCUT2D eigenvalue weighted by Gasteiger charge is -2.37. The predicted octanol–water partition coefficient (Wildman–Crippen LogP) is 1.93. The van der Waals surface area contributed by atoms with E-state index in [0.717, 1.165) is 51.3 Å². The molecule has 0 bridgehead atoms. The Morgan fingerprint density at radius 2 is 1.15 bits per heavy atom. The Morgan fingerprint density at radius 3 is 1.62 bits per heavy atom. The maximum atomic E-state index is 13.0. The molecule has 1 fully saturated rings. The lowest BCUT2D eigenvalue weighted by atomic mass is 10.2. The van der Waals surface area contributed by atoms with E-state index in [9.17, 15) is 14.4 Å². The summed E-state index contributed by atoms with van der Waals surface area (Å²) in [5.41, 5.74) is 0.909. The number of rotatable bonds is 7. The van der Waals surface area contributed by atoms with Crippen LogP contribution in [-0.2, 0) is 13.1 Å². The van der Waals surface area contributed by atoms with Crippen molar-refractivity contribution in [1.29, 1.82) is 0 Å². The molecule has 0 aliphatic carbocycles. The number of anilines is 2. The maximum absolute atomic E-state index is 13.0. The Labute approximate surface area is 198 Å². The first kappa shape index (κ1) is 23.4. The zero-order valence-corrected chi connectivity index (χ0v) is 19.9. The molecule has 1 aliphatic rings. The van der Waals surface area contributed by atoms with Crippen LogP contribution in [0.2, 0.25) is 0 Å². The average Bonchev–Trinajstić information content (AvgIpc) is 2.87. The van der Waals surface area contributed by atoms with Crippen molar-refractivity contribution < 1.29 is 4.74 Å². The van der Waals surface area contributed by atoms with E-state index in [1.807, 2.05) is 31.2 Å². The van der Waals surface area contributed by atoms with E-state index in [2.05, 4.69) is 21.9 Å². The number of piperazine rings is 1. The van der Waals surface area contributed by atoms with Crippen molar-refractivity contribution in [3.63, 3.8) is 0 Å². The number of hydrogen-bond donors (Lipinski definition) is 0. The number of benzene rings is 2. The van der Waals surface area contributed by atoms with Crippen LogP contribution in [0, 0.1) is 0 Å². The minimum atomic E-state index is -0.606. The summed E-state index contributed by atoms with van der Waals surface area (Å²) in [6, 6.07) is 15.5. The first-order chi connectivity index (χ1) is 16.5. The highest BCUT2D eigenvalue weighted by atomic mass is 16.5. The van der Waals surface area contributed by atoms with Crippen LogP contribution in [0.25, 0.3) is 5.69 Å². The van der Waals surface area contributed by atoms with Crippen molar-refractivity contribution in [1.82, 2.24) is 13.7 Å². The molecule has 180 valence electrons. The van der Waals surface area contributed by atoms with Crippen LogP contribution >= 0.6 is 0 Å². The van der Waals surface area contributed by atoms with Gasteiger partial charge in [0, 0.05) is 50.6 Å². The molecule has 1 saturated heterocycles. The number of methoxy groups -OCH3 is 1. The third-order valence-corrected chi connectivity index (χ3v) is 6.26. The van der Waals surface area contributed by atoms with Gasteiger partial charge in [0.25, 0.3) is 0 Å². The summed E-state index contributed by atoms with van der Waals surface area (Å²) in [6.07, 6.45) is 0.624. The lowest BCUT2D eigenvalue weighted by molar-refractivity contribution is 0.415. The number of nitrogens with zero attached hydrogens (tertiary/aromatic N) is 5.